The van der Waals surface area contributed by atoms with Gasteiger partial charge in [0.05, 0.1) is 5.92 Å². The van der Waals surface area contributed by atoms with E-state index in [1.54, 1.807) is 48.4 Å². The van der Waals surface area contributed by atoms with Crippen molar-refractivity contribution >= 4 is 40.8 Å². The van der Waals surface area contributed by atoms with Crippen LogP contribution in [0.5, 0.6) is 0 Å². The first-order valence-corrected chi connectivity index (χ1v) is 11.8. The summed E-state index contributed by atoms with van der Waals surface area (Å²) in [5.74, 6) is 0.537. The maximum atomic E-state index is 13.0. The van der Waals surface area contributed by atoms with E-state index in [0.717, 1.165) is 35.1 Å². The first-order chi connectivity index (χ1) is 16.0. The molecule has 2 heterocycles. The molecule has 0 spiro atoms. The van der Waals surface area contributed by atoms with E-state index in [-0.39, 0.29) is 17.7 Å². The molecule has 1 aliphatic heterocycles. The van der Waals surface area contributed by atoms with Crippen LogP contribution in [-0.4, -0.2) is 34.9 Å². The highest BCUT2D eigenvalue weighted by molar-refractivity contribution is 7.99. The van der Waals surface area contributed by atoms with E-state index < -0.39 is 0 Å². The van der Waals surface area contributed by atoms with Crippen molar-refractivity contribution < 1.29 is 9.59 Å². The molecule has 3 aromatic rings. The molecule has 0 saturated carbocycles. The first-order valence-electron chi connectivity index (χ1n) is 11.0. The van der Waals surface area contributed by atoms with Crippen LogP contribution in [0.3, 0.4) is 0 Å². The molecule has 1 fully saturated rings. The molecule has 1 aromatic heterocycles. The largest absolute Gasteiger partial charge is 0.354 e. The van der Waals surface area contributed by atoms with Crippen LogP contribution in [0.1, 0.15) is 25.3 Å². The molecule has 7 nitrogen and oxygen atoms in total. The molecule has 0 aliphatic carbocycles. The molecule has 1 aliphatic rings. The van der Waals surface area contributed by atoms with Gasteiger partial charge in [0, 0.05) is 48.7 Å². The molecular weight excluding hydrogens is 434 g/mol. The number of aromatic nitrogens is 2. The van der Waals surface area contributed by atoms with E-state index in [0.29, 0.717) is 17.9 Å². The SMILES string of the molecule is CC(=O)Nc1ccc(NC(=O)[C@@H]2CCCN(c3nccnc3Sc3ccc(C)cc3)C2)cc1. The maximum absolute atomic E-state index is 13.0. The minimum atomic E-state index is -0.145. The Kier molecular flexibility index (Phi) is 7.24. The number of hydrogen-bond donors (Lipinski definition) is 2. The van der Waals surface area contributed by atoms with Crippen molar-refractivity contribution in [1.82, 2.24) is 9.97 Å². The van der Waals surface area contributed by atoms with E-state index in [2.05, 4.69) is 56.7 Å². The number of amides is 2. The lowest BCUT2D eigenvalue weighted by Gasteiger charge is -2.33. The highest BCUT2D eigenvalue weighted by atomic mass is 32.2. The van der Waals surface area contributed by atoms with Gasteiger partial charge in [-0.25, -0.2) is 9.97 Å². The average Bonchev–Trinajstić information content (AvgIpc) is 2.82. The zero-order chi connectivity index (χ0) is 23.2. The summed E-state index contributed by atoms with van der Waals surface area (Å²) in [6.45, 7) is 4.97. The van der Waals surface area contributed by atoms with Crippen molar-refractivity contribution in [1.29, 1.82) is 0 Å². The van der Waals surface area contributed by atoms with Gasteiger partial charge < -0.3 is 15.5 Å². The minimum Gasteiger partial charge on any atom is -0.354 e. The van der Waals surface area contributed by atoms with Crippen molar-refractivity contribution in [3.05, 3.63) is 66.5 Å². The molecule has 1 saturated heterocycles. The molecular formula is C25H27N5O2S. The highest BCUT2D eigenvalue weighted by Crippen LogP contribution is 2.34. The Morgan fingerprint density at radius 2 is 1.64 bits per heavy atom. The molecule has 33 heavy (non-hydrogen) atoms. The summed E-state index contributed by atoms with van der Waals surface area (Å²) in [5.41, 5.74) is 2.63. The molecule has 2 N–H and O–H groups in total. The Labute approximate surface area is 198 Å². The second-order valence-corrected chi connectivity index (χ2v) is 9.20. The number of carbonyl (C=O) groups is 2. The van der Waals surface area contributed by atoms with Gasteiger partial charge in [-0.1, -0.05) is 29.5 Å². The van der Waals surface area contributed by atoms with Crippen LogP contribution in [-0.2, 0) is 9.59 Å². The summed E-state index contributed by atoms with van der Waals surface area (Å²) in [4.78, 5) is 36.6. The normalized spacial score (nSPS) is 15.7. The Morgan fingerprint density at radius 1 is 0.970 bits per heavy atom. The third kappa shape index (κ3) is 6.10. The van der Waals surface area contributed by atoms with Crippen LogP contribution < -0.4 is 15.5 Å². The van der Waals surface area contributed by atoms with Gasteiger partial charge in [-0.3, -0.25) is 9.59 Å². The van der Waals surface area contributed by atoms with E-state index in [1.807, 2.05) is 0 Å². The molecule has 4 rings (SSSR count). The first kappa shape index (κ1) is 22.8. The lowest BCUT2D eigenvalue weighted by molar-refractivity contribution is -0.120. The molecule has 0 radical (unpaired) electrons. The predicted octanol–water partition coefficient (Wildman–Crippen LogP) is 4.75. The third-order valence-corrected chi connectivity index (χ3v) is 6.44. The minimum absolute atomic E-state index is 0.0106. The molecule has 8 heteroatoms. The molecule has 0 bridgehead atoms. The number of carbonyl (C=O) groups excluding carboxylic acids is 2. The van der Waals surface area contributed by atoms with Gasteiger partial charge in [-0.05, 0) is 56.2 Å². The van der Waals surface area contributed by atoms with Gasteiger partial charge in [0.2, 0.25) is 11.8 Å². The summed E-state index contributed by atoms with van der Waals surface area (Å²) >= 11 is 1.59. The van der Waals surface area contributed by atoms with Crippen molar-refractivity contribution in [3.63, 3.8) is 0 Å². The average molecular weight is 462 g/mol. The number of piperidine rings is 1. The van der Waals surface area contributed by atoms with Gasteiger partial charge in [-0.2, -0.15) is 0 Å². The molecule has 1 atom stereocenters. The molecule has 2 amide bonds. The fourth-order valence-corrected chi connectivity index (χ4v) is 4.67. The highest BCUT2D eigenvalue weighted by Gasteiger charge is 2.28. The quantitative estimate of drug-likeness (QED) is 0.551. The number of nitrogens with one attached hydrogen (secondary N) is 2. The zero-order valence-electron chi connectivity index (χ0n) is 18.7. The summed E-state index contributed by atoms with van der Waals surface area (Å²) in [5, 5.41) is 6.57. The predicted molar refractivity (Wildman–Crippen MR) is 132 cm³/mol. The second kappa shape index (κ2) is 10.5. The second-order valence-electron chi connectivity index (χ2n) is 8.13. The summed E-state index contributed by atoms with van der Waals surface area (Å²) in [6.07, 6.45) is 5.14. The standard InChI is InChI=1S/C25H27N5O2S/c1-17-5-11-22(12-6-17)33-25-23(26-13-14-27-25)30-15-3-4-19(16-30)24(32)29-21-9-7-20(8-10-21)28-18(2)31/h5-14,19H,3-4,15-16H2,1-2H3,(H,28,31)(H,29,32)/t19-/m1/s1. The molecule has 170 valence electrons. The van der Waals surface area contributed by atoms with Gasteiger partial charge in [0.25, 0.3) is 0 Å². The Bertz CT molecular complexity index is 1120. The number of aryl methyl sites for hydroxylation is 1. The Morgan fingerprint density at radius 3 is 2.33 bits per heavy atom. The third-order valence-electron chi connectivity index (χ3n) is 5.45. The lowest BCUT2D eigenvalue weighted by atomic mass is 9.97. The van der Waals surface area contributed by atoms with Crippen LogP contribution in [0.4, 0.5) is 17.2 Å². The van der Waals surface area contributed by atoms with E-state index >= 15 is 0 Å². The van der Waals surface area contributed by atoms with Gasteiger partial charge in [0.15, 0.2) is 5.82 Å². The summed E-state index contributed by atoms with van der Waals surface area (Å²) in [7, 11) is 0. The smallest absolute Gasteiger partial charge is 0.229 e. The topological polar surface area (TPSA) is 87.2 Å². The number of benzene rings is 2. The van der Waals surface area contributed by atoms with E-state index in [9.17, 15) is 9.59 Å². The maximum Gasteiger partial charge on any atom is 0.229 e. The molecule has 0 unspecified atom stereocenters. The Balaban J connectivity index is 1.42. The number of hydrogen-bond acceptors (Lipinski definition) is 6. The monoisotopic (exact) mass is 461 g/mol. The van der Waals surface area contributed by atoms with Gasteiger partial charge in [0.1, 0.15) is 5.03 Å². The van der Waals surface area contributed by atoms with E-state index in [4.69, 9.17) is 0 Å². The van der Waals surface area contributed by atoms with Gasteiger partial charge >= 0.3 is 0 Å². The number of rotatable bonds is 6. The van der Waals surface area contributed by atoms with E-state index in [1.165, 1.54) is 12.5 Å². The van der Waals surface area contributed by atoms with Crippen molar-refractivity contribution in [2.45, 2.75) is 36.6 Å². The number of anilines is 3. The fourth-order valence-electron chi connectivity index (χ4n) is 3.79. The van der Waals surface area contributed by atoms with Crippen LogP contribution in [0.15, 0.2) is 70.8 Å². The van der Waals surface area contributed by atoms with Crippen LogP contribution in [0.2, 0.25) is 0 Å². The van der Waals surface area contributed by atoms with Crippen LogP contribution >= 0.6 is 11.8 Å². The summed E-state index contributed by atoms with van der Waals surface area (Å²) < 4.78 is 0. The van der Waals surface area contributed by atoms with Gasteiger partial charge in [-0.15, -0.1) is 0 Å². The van der Waals surface area contributed by atoms with Crippen LogP contribution in [0.25, 0.3) is 0 Å². The lowest BCUT2D eigenvalue weighted by Crippen LogP contribution is -2.41. The number of nitrogens with zero attached hydrogens (tertiary/aromatic N) is 3. The zero-order valence-corrected chi connectivity index (χ0v) is 19.6. The van der Waals surface area contributed by atoms with Crippen molar-refractivity contribution in [3.8, 4) is 0 Å². The fraction of sp³-hybridized carbons (Fsp3) is 0.280. The van der Waals surface area contributed by atoms with Crippen molar-refractivity contribution in [2.75, 3.05) is 28.6 Å². The molecule has 2 aromatic carbocycles. The van der Waals surface area contributed by atoms with Crippen LogP contribution in [0, 0.1) is 12.8 Å². The van der Waals surface area contributed by atoms with Crippen molar-refractivity contribution in [2.24, 2.45) is 5.92 Å². The Hall–Kier alpha value is -3.39. The summed E-state index contributed by atoms with van der Waals surface area (Å²) in [6, 6.07) is 15.5.